The van der Waals surface area contributed by atoms with Crippen LogP contribution in [-0.4, -0.2) is 14.8 Å². The number of rotatable bonds is 1. The summed E-state index contributed by atoms with van der Waals surface area (Å²) in [6.07, 6.45) is 2.73. The lowest BCUT2D eigenvalue weighted by molar-refractivity contribution is 0.383. The van der Waals surface area contributed by atoms with Crippen molar-refractivity contribution in [2.45, 2.75) is 39.7 Å². The molecule has 0 radical (unpaired) electrons. The third-order valence-electron chi connectivity index (χ3n) is 1.66. The van der Waals surface area contributed by atoms with Gasteiger partial charge in [0.05, 0.1) is 0 Å². The number of nitrogens with zero attached hydrogens (tertiary/aromatic N) is 3. The van der Waals surface area contributed by atoms with Crippen LogP contribution >= 0.6 is 0 Å². The first-order chi connectivity index (χ1) is 5.05. The van der Waals surface area contributed by atoms with Gasteiger partial charge in [-0.2, -0.15) is 0 Å². The summed E-state index contributed by atoms with van der Waals surface area (Å²) in [5.74, 6) is 1.05. The van der Waals surface area contributed by atoms with E-state index in [1.54, 1.807) is 6.33 Å². The first-order valence-electron chi connectivity index (χ1n) is 3.95. The second-order valence-corrected chi connectivity index (χ2v) is 3.64. The van der Waals surface area contributed by atoms with Crippen molar-refractivity contribution in [1.82, 2.24) is 14.8 Å². The van der Waals surface area contributed by atoms with Crippen LogP contribution in [0.15, 0.2) is 6.33 Å². The van der Waals surface area contributed by atoms with Crippen molar-refractivity contribution < 1.29 is 0 Å². The molecule has 3 nitrogen and oxygen atoms in total. The third kappa shape index (κ3) is 1.59. The average molecular weight is 153 g/mol. The van der Waals surface area contributed by atoms with Crippen LogP contribution in [0.1, 0.15) is 33.5 Å². The van der Waals surface area contributed by atoms with E-state index >= 15 is 0 Å². The summed E-state index contributed by atoms with van der Waals surface area (Å²) in [7, 11) is 0. The molecular weight excluding hydrogens is 138 g/mol. The van der Waals surface area contributed by atoms with Gasteiger partial charge in [-0.25, -0.2) is 0 Å². The zero-order chi connectivity index (χ0) is 8.48. The van der Waals surface area contributed by atoms with E-state index in [0.717, 1.165) is 12.2 Å². The van der Waals surface area contributed by atoms with Crippen LogP contribution in [-0.2, 0) is 12.0 Å². The lowest BCUT2D eigenvalue weighted by Gasteiger charge is -2.21. The second kappa shape index (κ2) is 2.64. The minimum atomic E-state index is 0.106. The molecule has 0 aliphatic rings. The summed E-state index contributed by atoms with van der Waals surface area (Å²) < 4.78 is 2.10. The molecule has 0 spiro atoms. The molecule has 1 rings (SSSR count). The predicted octanol–water partition coefficient (Wildman–Crippen LogP) is 1.60. The summed E-state index contributed by atoms with van der Waals surface area (Å²) in [6.45, 7) is 8.53. The minimum absolute atomic E-state index is 0.106. The Morgan fingerprint density at radius 2 is 2.09 bits per heavy atom. The van der Waals surface area contributed by atoms with Gasteiger partial charge in [-0.3, -0.25) is 0 Å². The van der Waals surface area contributed by atoms with Gasteiger partial charge in [-0.05, 0) is 20.8 Å². The molecule has 1 aromatic rings. The Balaban J connectivity index is 3.02. The molecule has 0 bridgehead atoms. The molecule has 0 saturated carbocycles. The van der Waals surface area contributed by atoms with Gasteiger partial charge >= 0.3 is 0 Å². The van der Waals surface area contributed by atoms with Gasteiger partial charge in [-0.1, -0.05) is 6.92 Å². The normalized spacial score (nSPS) is 12.0. The van der Waals surface area contributed by atoms with E-state index in [4.69, 9.17) is 0 Å². The molecule has 3 heteroatoms. The highest BCUT2D eigenvalue weighted by Gasteiger charge is 2.15. The molecule has 11 heavy (non-hydrogen) atoms. The van der Waals surface area contributed by atoms with Crippen LogP contribution in [0.4, 0.5) is 0 Å². The summed E-state index contributed by atoms with van der Waals surface area (Å²) in [5.41, 5.74) is 0.106. The highest BCUT2D eigenvalue weighted by molar-refractivity contribution is 4.90. The van der Waals surface area contributed by atoms with Crippen molar-refractivity contribution in [3.63, 3.8) is 0 Å². The Morgan fingerprint density at radius 1 is 1.45 bits per heavy atom. The summed E-state index contributed by atoms with van der Waals surface area (Å²) in [5, 5.41) is 7.89. The predicted molar refractivity (Wildman–Crippen MR) is 44.4 cm³/mol. The molecule has 62 valence electrons. The van der Waals surface area contributed by atoms with Crippen molar-refractivity contribution in [2.75, 3.05) is 0 Å². The van der Waals surface area contributed by atoms with E-state index < -0.39 is 0 Å². The molecule has 1 heterocycles. The monoisotopic (exact) mass is 153 g/mol. The molecule has 0 aromatic carbocycles. The van der Waals surface area contributed by atoms with E-state index in [0.29, 0.717) is 0 Å². The van der Waals surface area contributed by atoms with Gasteiger partial charge in [0.2, 0.25) is 0 Å². The maximum absolute atomic E-state index is 4.01. The van der Waals surface area contributed by atoms with Crippen molar-refractivity contribution in [1.29, 1.82) is 0 Å². The molecule has 0 saturated heterocycles. The first-order valence-corrected chi connectivity index (χ1v) is 3.95. The lowest BCUT2D eigenvalue weighted by Crippen LogP contribution is -2.23. The Morgan fingerprint density at radius 3 is 2.45 bits per heavy atom. The Bertz CT molecular complexity index is 232. The molecular formula is C8H15N3. The van der Waals surface area contributed by atoms with Gasteiger partial charge in [0.25, 0.3) is 0 Å². The molecule has 0 aliphatic heterocycles. The molecule has 0 unspecified atom stereocenters. The average Bonchev–Trinajstić information content (AvgIpc) is 2.31. The molecule has 0 N–H and O–H groups in total. The first kappa shape index (κ1) is 8.24. The third-order valence-corrected chi connectivity index (χ3v) is 1.66. The number of aromatic nitrogens is 3. The molecule has 1 aromatic heterocycles. The lowest BCUT2D eigenvalue weighted by atomic mass is 10.1. The maximum Gasteiger partial charge on any atom is 0.132 e. The fourth-order valence-corrected chi connectivity index (χ4v) is 1.06. The van der Waals surface area contributed by atoms with Crippen LogP contribution < -0.4 is 0 Å². The van der Waals surface area contributed by atoms with Crippen LogP contribution in [0.3, 0.4) is 0 Å². The highest BCUT2D eigenvalue weighted by atomic mass is 15.3. The van der Waals surface area contributed by atoms with Gasteiger partial charge < -0.3 is 4.57 Å². The number of hydrogen-bond donors (Lipinski definition) is 0. The van der Waals surface area contributed by atoms with Crippen molar-refractivity contribution in [3.8, 4) is 0 Å². The zero-order valence-electron chi connectivity index (χ0n) is 7.63. The van der Waals surface area contributed by atoms with Crippen LogP contribution in [0.5, 0.6) is 0 Å². The van der Waals surface area contributed by atoms with Crippen LogP contribution in [0.2, 0.25) is 0 Å². The smallest absolute Gasteiger partial charge is 0.132 e. The van der Waals surface area contributed by atoms with Gasteiger partial charge in [0.1, 0.15) is 12.2 Å². The van der Waals surface area contributed by atoms with Gasteiger partial charge in [-0.15, -0.1) is 10.2 Å². The largest absolute Gasteiger partial charge is 0.312 e. The van der Waals surface area contributed by atoms with Crippen LogP contribution in [0, 0.1) is 0 Å². The quantitative estimate of drug-likeness (QED) is 0.613. The SMILES string of the molecule is CCc1nncn1C(C)(C)C. The fraction of sp³-hybridized carbons (Fsp3) is 0.750. The zero-order valence-corrected chi connectivity index (χ0v) is 7.63. The Kier molecular flexibility index (Phi) is 1.98. The van der Waals surface area contributed by atoms with E-state index in [1.807, 2.05) is 0 Å². The topological polar surface area (TPSA) is 30.7 Å². The molecule has 0 aliphatic carbocycles. The second-order valence-electron chi connectivity index (χ2n) is 3.64. The van der Waals surface area contributed by atoms with Crippen molar-refractivity contribution >= 4 is 0 Å². The summed E-state index contributed by atoms with van der Waals surface area (Å²) in [6, 6.07) is 0. The van der Waals surface area contributed by atoms with E-state index in [2.05, 4.69) is 42.5 Å². The van der Waals surface area contributed by atoms with Gasteiger partial charge in [0.15, 0.2) is 0 Å². The summed E-state index contributed by atoms with van der Waals surface area (Å²) in [4.78, 5) is 0. The standard InChI is InChI=1S/C8H15N3/c1-5-7-10-9-6-11(7)8(2,3)4/h6H,5H2,1-4H3. The van der Waals surface area contributed by atoms with Gasteiger partial charge in [0, 0.05) is 12.0 Å². The Hall–Kier alpha value is -0.860. The van der Waals surface area contributed by atoms with Crippen molar-refractivity contribution in [3.05, 3.63) is 12.2 Å². The summed E-state index contributed by atoms with van der Waals surface area (Å²) >= 11 is 0. The fourth-order valence-electron chi connectivity index (χ4n) is 1.06. The van der Waals surface area contributed by atoms with Crippen molar-refractivity contribution in [2.24, 2.45) is 0 Å². The number of hydrogen-bond acceptors (Lipinski definition) is 2. The number of aryl methyl sites for hydroxylation is 1. The van der Waals surface area contributed by atoms with Crippen LogP contribution in [0.25, 0.3) is 0 Å². The minimum Gasteiger partial charge on any atom is -0.312 e. The van der Waals surface area contributed by atoms with E-state index in [-0.39, 0.29) is 5.54 Å². The molecule has 0 amide bonds. The highest BCUT2D eigenvalue weighted by Crippen LogP contribution is 2.14. The molecule has 0 atom stereocenters. The van der Waals surface area contributed by atoms with E-state index in [9.17, 15) is 0 Å². The maximum atomic E-state index is 4.01. The van der Waals surface area contributed by atoms with E-state index in [1.165, 1.54) is 0 Å². The molecule has 0 fully saturated rings. The Labute approximate surface area is 67.4 Å².